The van der Waals surface area contributed by atoms with E-state index >= 15 is 0 Å². The maximum Gasteiger partial charge on any atom is 0.220 e. The molecule has 2 atom stereocenters. The summed E-state index contributed by atoms with van der Waals surface area (Å²) in [5, 5.41) is 31.8. The molecule has 310 valence electrons. The van der Waals surface area contributed by atoms with Gasteiger partial charge in [-0.2, -0.15) is 0 Å². The molecule has 0 saturated carbocycles. The molecule has 0 spiro atoms. The minimum absolute atomic E-state index is 0.0633. The van der Waals surface area contributed by atoms with Crippen molar-refractivity contribution < 1.29 is 20.1 Å². The predicted molar refractivity (Wildman–Crippen MR) is 227 cm³/mol. The van der Waals surface area contributed by atoms with Crippen LogP contribution >= 0.6 is 0 Å². The predicted octanol–water partition coefficient (Wildman–Crippen LogP) is 13.6. The molecular formula is C47H93NO4. The molecule has 0 saturated heterocycles. The summed E-state index contributed by atoms with van der Waals surface area (Å²) in [6.07, 6.45) is 53.4. The van der Waals surface area contributed by atoms with Gasteiger partial charge in [-0.3, -0.25) is 4.79 Å². The number of amides is 1. The summed E-state index contributed by atoms with van der Waals surface area (Å²) < 4.78 is 0. The third kappa shape index (κ3) is 40.3. The Morgan fingerprint density at radius 3 is 1.10 bits per heavy atom. The van der Waals surface area contributed by atoms with Gasteiger partial charge in [0.25, 0.3) is 0 Å². The summed E-state index contributed by atoms with van der Waals surface area (Å²) in [5.41, 5.74) is 0. The topological polar surface area (TPSA) is 89.8 Å². The summed E-state index contributed by atoms with van der Waals surface area (Å²) in [6.45, 7) is 2.38. The summed E-state index contributed by atoms with van der Waals surface area (Å²) in [6, 6.07) is -0.620. The van der Waals surface area contributed by atoms with Crippen LogP contribution in [0, 0.1) is 0 Å². The molecule has 52 heavy (non-hydrogen) atoms. The first-order valence-electron chi connectivity index (χ1n) is 23.5. The third-order valence-electron chi connectivity index (χ3n) is 11.1. The Morgan fingerprint density at radius 1 is 0.462 bits per heavy atom. The van der Waals surface area contributed by atoms with E-state index in [2.05, 4.69) is 12.2 Å². The smallest absolute Gasteiger partial charge is 0.220 e. The van der Waals surface area contributed by atoms with Crippen molar-refractivity contribution in [3.8, 4) is 0 Å². The fraction of sp³-hybridized carbons (Fsp3) is 0.936. The van der Waals surface area contributed by atoms with Crippen LogP contribution in [0.15, 0.2) is 12.2 Å². The lowest BCUT2D eigenvalue weighted by atomic mass is 10.0. The molecule has 5 heteroatoms. The van der Waals surface area contributed by atoms with E-state index in [9.17, 15) is 15.0 Å². The van der Waals surface area contributed by atoms with Crippen LogP contribution in [0.4, 0.5) is 0 Å². The minimum Gasteiger partial charge on any atom is -0.396 e. The van der Waals surface area contributed by atoms with E-state index < -0.39 is 12.1 Å². The van der Waals surface area contributed by atoms with Gasteiger partial charge in [0.2, 0.25) is 5.91 Å². The highest BCUT2D eigenvalue weighted by molar-refractivity contribution is 5.76. The summed E-state index contributed by atoms with van der Waals surface area (Å²) >= 11 is 0. The zero-order valence-electron chi connectivity index (χ0n) is 35.1. The van der Waals surface area contributed by atoms with Gasteiger partial charge in [-0.05, 0) is 25.7 Å². The van der Waals surface area contributed by atoms with E-state index in [1.165, 1.54) is 212 Å². The van der Waals surface area contributed by atoms with Gasteiger partial charge in [0.15, 0.2) is 0 Å². The monoisotopic (exact) mass is 736 g/mol. The van der Waals surface area contributed by atoms with Crippen molar-refractivity contribution in [1.29, 1.82) is 0 Å². The molecule has 0 aliphatic carbocycles. The molecule has 0 aliphatic heterocycles. The van der Waals surface area contributed by atoms with Gasteiger partial charge >= 0.3 is 0 Å². The molecule has 0 fully saturated rings. The molecule has 0 bridgehead atoms. The van der Waals surface area contributed by atoms with Gasteiger partial charge in [-0.1, -0.05) is 237 Å². The molecule has 4 N–H and O–H groups in total. The van der Waals surface area contributed by atoms with Gasteiger partial charge in [0, 0.05) is 13.0 Å². The Balaban J connectivity index is 3.43. The number of carbonyl (C=O) groups is 1. The second-order valence-corrected chi connectivity index (χ2v) is 16.3. The average Bonchev–Trinajstić information content (AvgIpc) is 3.15. The van der Waals surface area contributed by atoms with E-state index in [4.69, 9.17) is 5.11 Å². The highest BCUT2D eigenvalue weighted by Crippen LogP contribution is 2.17. The molecule has 0 radical (unpaired) electrons. The molecule has 0 aromatic carbocycles. The van der Waals surface area contributed by atoms with E-state index in [-0.39, 0.29) is 12.5 Å². The first-order chi connectivity index (χ1) is 25.7. The largest absolute Gasteiger partial charge is 0.396 e. The van der Waals surface area contributed by atoms with Crippen LogP contribution in [0.5, 0.6) is 0 Å². The lowest BCUT2D eigenvalue weighted by Crippen LogP contribution is -2.45. The number of rotatable bonds is 44. The Bertz CT molecular complexity index is 714. The van der Waals surface area contributed by atoms with E-state index in [0.717, 1.165) is 32.1 Å². The number of aliphatic hydroxyl groups excluding tert-OH is 3. The van der Waals surface area contributed by atoms with Crippen LogP contribution in [0.1, 0.15) is 257 Å². The van der Waals surface area contributed by atoms with Gasteiger partial charge < -0.3 is 20.6 Å². The van der Waals surface area contributed by atoms with Gasteiger partial charge in [-0.25, -0.2) is 0 Å². The van der Waals surface area contributed by atoms with Crippen molar-refractivity contribution in [2.45, 2.75) is 269 Å². The van der Waals surface area contributed by atoms with E-state index in [1.807, 2.05) is 6.08 Å². The zero-order valence-corrected chi connectivity index (χ0v) is 35.1. The fourth-order valence-electron chi connectivity index (χ4n) is 7.45. The van der Waals surface area contributed by atoms with Crippen LogP contribution in [0.25, 0.3) is 0 Å². The van der Waals surface area contributed by atoms with E-state index in [1.54, 1.807) is 6.08 Å². The molecule has 0 aromatic heterocycles. The molecule has 0 aliphatic rings. The van der Waals surface area contributed by atoms with Crippen LogP contribution < -0.4 is 5.32 Å². The molecule has 5 nitrogen and oxygen atoms in total. The number of hydrogen-bond donors (Lipinski definition) is 4. The number of aliphatic hydroxyl groups is 3. The number of hydrogen-bond acceptors (Lipinski definition) is 4. The fourth-order valence-corrected chi connectivity index (χ4v) is 7.45. The van der Waals surface area contributed by atoms with Crippen molar-refractivity contribution in [2.24, 2.45) is 0 Å². The van der Waals surface area contributed by atoms with Crippen molar-refractivity contribution in [2.75, 3.05) is 13.2 Å². The SMILES string of the molecule is CCCCCCCCCCCCC/C=C/[C@@H](O)[C@H](CO)NC(=O)CCCCCCCCCCCCCCCCCCCCCCCCCCCCO. The number of carbonyl (C=O) groups excluding carboxylic acids is 1. The second-order valence-electron chi connectivity index (χ2n) is 16.3. The van der Waals surface area contributed by atoms with Crippen molar-refractivity contribution >= 4 is 5.91 Å². The molecule has 0 heterocycles. The normalized spacial score (nSPS) is 12.9. The Morgan fingerprint density at radius 2 is 0.769 bits per heavy atom. The van der Waals surface area contributed by atoms with Gasteiger partial charge in [-0.15, -0.1) is 0 Å². The third-order valence-corrected chi connectivity index (χ3v) is 11.1. The Labute approximate surface area is 325 Å². The molecule has 0 unspecified atom stereocenters. The summed E-state index contributed by atoms with van der Waals surface area (Å²) in [7, 11) is 0. The van der Waals surface area contributed by atoms with Crippen molar-refractivity contribution in [3.05, 3.63) is 12.2 Å². The van der Waals surface area contributed by atoms with Crippen LogP contribution in [-0.2, 0) is 4.79 Å². The molecule has 0 aromatic rings. The van der Waals surface area contributed by atoms with Gasteiger partial charge in [0.1, 0.15) is 0 Å². The minimum atomic E-state index is -0.837. The Hall–Kier alpha value is -0.910. The second kappa shape index (κ2) is 44.5. The highest BCUT2D eigenvalue weighted by Gasteiger charge is 2.18. The molecule has 1 amide bonds. The molecule has 0 rings (SSSR count). The first-order valence-corrected chi connectivity index (χ1v) is 23.5. The lowest BCUT2D eigenvalue weighted by Gasteiger charge is -2.20. The lowest BCUT2D eigenvalue weighted by molar-refractivity contribution is -0.123. The first kappa shape index (κ1) is 51.1. The standard InChI is InChI=1S/C47H93NO4/c1-2-3-4-5-6-7-8-23-26-29-32-35-38-41-46(51)45(44-50)48-47(52)42-39-36-33-30-27-24-21-19-17-15-13-11-9-10-12-14-16-18-20-22-25-28-31-34-37-40-43-49/h38,41,45-46,49-51H,2-37,39-40,42-44H2,1H3,(H,48,52)/b41-38+/t45-,46+/m0/s1. The average molecular weight is 736 g/mol. The Kier molecular flexibility index (Phi) is 43.7. The molecular weight excluding hydrogens is 643 g/mol. The van der Waals surface area contributed by atoms with Gasteiger partial charge in [0.05, 0.1) is 18.8 Å². The number of unbranched alkanes of at least 4 members (excludes halogenated alkanes) is 36. The van der Waals surface area contributed by atoms with Crippen molar-refractivity contribution in [1.82, 2.24) is 5.32 Å². The van der Waals surface area contributed by atoms with Crippen LogP contribution in [-0.4, -0.2) is 46.6 Å². The van der Waals surface area contributed by atoms with Crippen LogP contribution in [0.2, 0.25) is 0 Å². The van der Waals surface area contributed by atoms with Crippen molar-refractivity contribution in [3.63, 3.8) is 0 Å². The summed E-state index contributed by atoms with van der Waals surface area (Å²) in [5.74, 6) is -0.0633. The van der Waals surface area contributed by atoms with E-state index in [0.29, 0.717) is 13.0 Å². The maximum atomic E-state index is 12.4. The number of nitrogens with one attached hydrogen (secondary N) is 1. The summed E-state index contributed by atoms with van der Waals surface area (Å²) in [4.78, 5) is 12.4. The van der Waals surface area contributed by atoms with Crippen LogP contribution in [0.3, 0.4) is 0 Å². The number of allylic oxidation sites excluding steroid dienone is 1. The quantitative estimate of drug-likeness (QED) is 0.0370. The zero-order chi connectivity index (χ0) is 37.8. The maximum absolute atomic E-state index is 12.4. The highest BCUT2D eigenvalue weighted by atomic mass is 16.3.